The second-order valence-electron chi connectivity index (χ2n) is 12.9. The number of phenolic OH excluding ortho intramolecular Hbond substituents is 1. The van der Waals surface area contributed by atoms with Gasteiger partial charge in [-0.1, -0.05) is 48.2 Å². The summed E-state index contributed by atoms with van der Waals surface area (Å²) in [6, 6.07) is 31.7. The number of methoxy groups -OCH3 is 1. The van der Waals surface area contributed by atoms with Crippen molar-refractivity contribution in [3.63, 3.8) is 0 Å². The van der Waals surface area contributed by atoms with E-state index in [-0.39, 0.29) is 56.5 Å². The van der Waals surface area contributed by atoms with Crippen molar-refractivity contribution in [1.82, 2.24) is 30.4 Å². The van der Waals surface area contributed by atoms with Gasteiger partial charge < -0.3 is 32.8 Å². The smallest absolute Gasteiger partial charge is 0.233 e. The highest BCUT2D eigenvalue weighted by atomic mass is 32.2. The summed E-state index contributed by atoms with van der Waals surface area (Å²) in [5, 5.41) is 33.5. The van der Waals surface area contributed by atoms with E-state index in [2.05, 4.69) is 25.7 Å². The predicted molar refractivity (Wildman–Crippen MR) is 223 cm³/mol. The van der Waals surface area contributed by atoms with Gasteiger partial charge in [-0.25, -0.2) is 9.97 Å². The zero-order valence-corrected chi connectivity index (χ0v) is 33.1. The zero-order valence-electron chi connectivity index (χ0n) is 31.4. The second-order valence-corrected chi connectivity index (χ2v) is 15.9. The van der Waals surface area contributed by atoms with Crippen LogP contribution in [0.5, 0.6) is 11.5 Å². The molecular formula is C43H31N7O8S2. The quantitative estimate of drug-likeness (QED) is 0.0531. The molecule has 15 nitrogen and oxygen atoms in total. The topological polar surface area (TPSA) is 206 Å². The number of furan rings is 4. The Morgan fingerprint density at radius 3 is 2.12 bits per heavy atom. The molecular weight excluding hydrogens is 807 g/mol. The third kappa shape index (κ3) is 7.86. The van der Waals surface area contributed by atoms with Crippen molar-refractivity contribution in [2.45, 2.75) is 15.4 Å². The number of rotatable bonds is 14. The van der Waals surface area contributed by atoms with Gasteiger partial charge in [-0.15, -0.1) is 31.3 Å². The van der Waals surface area contributed by atoms with Gasteiger partial charge in [-0.05, 0) is 78.2 Å². The van der Waals surface area contributed by atoms with E-state index in [1.54, 1.807) is 48.5 Å². The number of aromatic hydroxyl groups is 1. The molecule has 0 bridgehead atoms. The van der Waals surface area contributed by atoms with Crippen LogP contribution in [0, 0.1) is 0 Å². The summed E-state index contributed by atoms with van der Waals surface area (Å²) in [6.45, 7) is 0. The van der Waals surface area contributed by atoms with Crippen LogP contribution in [0.2, 0.25) is 0 Å². The zero-order chi connectivity index (χ0) is 41.0. The van der Waals surface area contributed by atoms with E-state index >= 15 is 0 Å². The van der Waals surface area contributed by atoms with Gasteiger partial charge in [0.1, 0.15) is 16.5 Å². The average Bonchev–Trinajstić information content (AvgIpc) is 4.14. The number of carbonyl (C=O) groups excluding carboxylic acids is 2. The normalized spacial score (nSPS) is 12.1. The second kappa shape index (κ2) is 16.8. The van der Waals surface area contributed by atoms with Gasteiger partial charge in [0, 0.05) is 16.6 Å². The summed E-state index contributed by atoms with van der Waals surface area (Å²) in [5.74, 6) is 0.974. The van der Waals surface area contributed by atoms with Crippen molar-refractivity contribution < 1.29 is 37.1 Å². The molecule has 0 saturated heterocycles. The first kappa shape index (κ1) is 38.0. The van der Waals surface area contributed by atoms with Crippen molar-refractivity contribution in [2.75, 3.05) is 23.9 Å². The molecule has 6 heterocycles. The number of nitrogens with one attached hydrogen (secondary N) is 1. The molecule has 0 aliphatic rings. The van der Waals surface area contributed by atoms with E-state index in [1.165, 1.54) is 44.1 Å². The molecule has 0 aliphatic heterocycles. The lowest BCUT2D eigenvalue weighted by Crippen LogP contribution is -2.18. The number of carbonyl (C=O) groups is 2. The number of thioether (sulfide) groups is 1. The number of aromatic nitrogens is 6. The number of Topliss-reactive ketones (excluding diaryl/α,β-unsaturated/α-hetero) is 1. The minimum absolute atomic E-state index is 0.0357. The highest BCUT2D eigenvalue weighted by molar-refractivity contribution is 8.17. The summed E-state index contributed by atoms with van der Waals surface area (Å²) in [4.78, 5) is 36.9. The molecule has 1 unspecified atom stereocenters. The van der Waals surface area contributed by atoms with Gasteiger partial charge in [-0.3, -0.25) is 9.59 Å². The van der Waals surface area contributed by atoms with Gasteiger partial charge in [-0.2, -0.15) is 0 Å². The Morgan fingerprint density at radius 2 is 1.40 bits per heavy atom. The van der Waals surface area contributed by atoms with Crippen molar-refractivity contribution in [1.29, 1.82) is 0 Å². The van der Waals surface area contributed by atoms with E-state index in [4.69, 9.17) is 32.4 Å². The van der Waals surface area contributed by atoms with Crippen LogP contribution < -0.4 is 10.1 Å². The third-order valence-corrected chi connectivity index (χ3v) is 12.0. The largest absolute Gasteiger partial charge is 0.504 e. The molecule has 1 amide bonds. The SMILES string of the molecule is COc1cc(C(=O)CSc2nnc(-c3ccco3)c(-c3ccc([SH](CC(=O)Nc4cccc5ccccc45)c4nnc(-c5ccco5)c(-c5ccco5)n4)o3)n2)ccc1O. The fourth-order valence-electron chi connectivity index (χ4n) is 6.30. The number of phenols is 1. The number of nitrogens with zero attached hydrogens (tertiary/aromatic N) is 6. The van der Waals surface area contributed by atoms with Gasteiger partial charge in [0.15, 0.2) is 56.9 Å². The molecule has 0 radical (unpaired) electrons. The molecule has 9 aromatic rings. The number of ketones is 1. The van der Waals surface area contributed by atoms with E-state index < -0.39 is 10.9 Å². The Morgan fingerprint density at radius 1 is 0.717 bits per heavy atom. The molecule has 9 rings (SSSR count). The molecule has 2 N–H and O–H groups in total. The van der Waals surface area contributed by atoms with Crippen molar-refractivity contribution in [2.24, 2.45) is 0 Å². The number of hydrogen-bond acceptors (Lipinski definition) is 15. The number of amides is 1. The Bertz CT molecular complexity index is 2950. The Kier molecular flexibility index (Phi) is 10.6. The molecule has 298 valence electrons. The summed E-state index contributed by atoms with van der Waals surface area (Å²) < 4.78 is 28.9. The fourth-order valence-corrected chi connectivity index (χ4v) is 8.68. The summed E-state index contributed by atoms with van der Waals surface area (Å²) >= 11 is 1.07. The summed E-state index contributed by atoms with van der Waals surface area (Å²) in [7, 11) is -0.365. The number of thiol groups is 1. The minimum Gasteiger partial charge on any atom is -0.504 e. The molecule has 6 aromatic heterocycles. The molecule has 0 fully saturated rings. The van der Waals surface area contributed by atoms with Crippen LogP contribution in [0.15, 0.2) is 161 Å². The van der Waals surface area contributed by atoms with E-state index in [1.807, 2.05) is 42.5 Å². The molecule has 0 aliphatic carbocycles. The van der Waals surface area contributed by atoms with Crippen LogP contribution in [-0.4, -0.2) is 65.8 Å². The summed E-state index contributed by atoms with van der Waals surface area (Å²) in [6.07, 6.45) is 4.56. The lowest BCUT2D eigenvalue weighted by Gasteiger charge is -2.18. The van der Waals surface area contributed by atoms with Crippen LogP contribution in [0.3, 0.4) is 0 Å². The number of ether oxygens (including phenoxy) is 1. The van der Waals surface area contributed by atoms with E-state index in [0.29, 0.717) is 50.7 Å². The molecule has 0 saturated carbocycles. The first-order valence-electron chi connectivity index (χ1n) is 18.2. The maximum absolute atomic E-state index is 14.1. The first-order chi connectivity index (χ1) is 29.4. The van der Waals surface area contributed by atoms with Crippen LogP contribution in [0.25, 0.3) is 56.6 Å². The van der Waals surface area contributed by atoms with Gasteiger partial charge in [0.25, 0.3) is 0 Å². The van der Waals surface area contributed by atoms with Crippen molar-refractivity contribution in [3.05, 3.63) is 134 Å². The number of benzene rings is 3. The monoisotopic (exact) mass is 837 g/mol. The van der Waals surface area contributed by atoms with Crippen LogP contribution in [0.4, 0.5) is 5.69 Å². The lowest BCUT2D eigenvalue weighted by molar-refractivity contribution is -0.113. The molecule has 3 aromatic carbocycles. The number of anilines is 1. The van der Waals surface area contributed by atoms with Gasteiger partial charge in [0.05, 0.1) is 37.4 Å². The summed E-state index contributed by atoms with van der Waals surface area (Å²) in [5.41, 5.74) is 2.30. The lowest BCUT2D eigenvalue weighted by atomic mass is 10.1. The van der Waals surface area contributed by atoms with Crippen LogP contribution in [0.1, 0.15) is 10.4 Å². The third-order valence-electron chi connectivity index (χ3n) is 9.14. The number of hydrogen-bond donors (Lipinski definition) is 3. The Hall–Kier alpha value is -7.50. The van der Waals surface area contributed by atoms with E-state index in [0.717, 1.165) is 22.5 Å². The standard InChI is InChI=1S/C43H31N7O8S2/c1-54-35-22-26(15-16-29(35)51)30(52)23-59-42-45-39(41(47-49-42)33-14-7-21-57-33)34-17-18-37(58-34)60(24-36(53)44-28-11-4-9-25-8-2-3-10-27(25)28)43-46-38(31-12-5-19-55-31)40(48-50-43)32-13-6-20-56-32/h2-22,51,60H,23-24H2,1H3,(H,44,53). The Balaban J connectivity index is 1.08. The maximum Gasteiger partial charge on any atom is 0.233 e. The van der Waals surface area contributed by atoms with Gasteiger partial charge >= 0.3 is 0 Å². The molecule has 0 spiro atoms. The minimum atomic E-state index is -1.77. The highest BCUT2D eigenvalue weighted by Crippen LogP contribution is 2.46. The average molecular weight is 838 g/mol. The van der Waals surface area contributed by atoms with Crippen molar-refractivity contribution in [3.8, 4) is 57.3 Å². The van der Waals surface area contributed by atoms with Gasteiger partial charge in [0.2, 0.25) is 11.1 Å². The first-order valence-corrected chi connectivity index (χ1v) is 20.7. The van der Waals surface area contributed by atoms with E-state index in [9.17, 15) is 14.7 Å². The molecule has 17 heteroatoms. The molecule has 60 heavy (non-hydrogen) atoms. The van der Waals surface area contributed by atoms with Crippen molar-refractivity contribution >= 4 is 50.8 Å². The fraction of sp³-hybridized carbons (Fsp3) is 0.0698. The predicted octanol–water partition coefficient (Wildman–Crippen LogP) is 9.00. The number of fused-ring (bicyclic) bond motifs is 1. The van der Waals surface area contributed by atoms with Crippen LogP contribution in [-0.2, 0) is 4.79 Å². The Labute approximate surface area is 347 Å². The maximum atomic E-state index is 14.1. The van der Waals surface area contributed by atoms with Crippen LogP contribution >= 0.6 is 22.7 Å². The molecule has 1 atom stereocenters. The highest BCUT2D eigenvalue weighted by Gasteiger charge is 2.27.